The van der Waals surface area contributed by atoms with Gasteiger partial charge in [-0.05, 0) is 23.8 Å². The lowest BCUT2D eigenvalue weighted by Gasteiger charge is -2.11. The van der Waals surface area contributed by atoms with E-state index in [1.165, 1.54) is 16.9 Å². The average molecular weight is 242 g/mol. The summed E-state index contributed by atoms with van der Waals surface area (Å²) in [5, 5.41) is 0. The molecule has 0 radical (unpaired) electrons. The van der Waals surface area contributed by atoms with Gasteiger partial charge in [-0.15, -0.1) is 4.68 Å². The molecule has 1 aromatic heterocycles. The van der Waals surface area contributed by atoms with E-state index in [-0.39, 0.29) is 0 Å². The zero-order chi connectivity index (χ0) is 13.1. The predicted molar refractivity (Wildman–Crippen MR) is 76.3 cm³/mol. The fourth-order valence-corrected chi connectivity index (χ4v) is 1.80. The second-order valence-corrected chi connectivity index (χ2v) is 4.66. The molecule has 0 saturated carbocycles. The van der Waals surface area contributed by atoms with Crippen molar-refractivity contribution in [2.75, 3.05) is 19.0 Å². The summed E-state index contributed by atoms with van der Waals surface area (Å²) in [7, 11) is 8.18. The highest BCUT2D eigenvalue weighted by Gasteiger charge is 2.02. The summed E-state index contributed by atoms with van der Waals surface area (Å²) in [6, 6.07) is 10.6. The molecule has 3 heteroatoms. The van der Waals surface area contributed by atoms with Crippen molar-refractivity contribution in [2.45, 2.75) is 0 Å². The molecular weight excluding hydrogens is 222 g/mol. The van der Waals surface area contributed by atoms with Crippen LogP contribution >= 0.6 is 0 Å². The van der Waals surface area contributed by atoms with Crippen molar-refractivity contribution in [1.29, 1.82) is 0 Å². The lowest BCUT2D eigenvalue weighted by molar-refractivity contribution is -0.751. The molecule has 1 aromatic carbocycles. The Morgan fingerprint density at radius 3 is 2.22 bits per heavy atom. The quantitative estimate of drug-likeness (QED) is 0.751. The van der Waals surface area contributed by atoms with E-state index in [4.69, 9.17) is 0 Å². The fraction of sp³-hybridized carbons (Fsp3) is 0.267. The lowest BCUT2D eigenvalue weighted by Crippen LogP contribution is -2.36. The first kappa shape index (κ1) is 12.4. The fourth-order valence-electron chi connectivity index (χ4n) is 1.80. The molecular formula is C15H20N3+. The van der Waals surface area contributed by atoms with E-state index in [0.717, 1.165) is 0 Å². The van der Waals surface area contributed by atoms with Gasteiger partial charge in [0.15, 0.2) is 13.2 Å². The summed E-state index contributed by atoms with van der Waals surface area (Å²) in [6.45, 7) is 0. The Bertz CT molecular complexity index is 548. The molecule has 2 rings (SSSR count). The van der Waals surface area contributed by atoms with Gasteiger partial charge in [-0.3, -0.25) is 0 Å². The molecule has 94 valence electrons. The molecule has 0 aliphatic rings. The first-order valence-corrected chi connectivity index (χ1v) is 6.05. The van der Waals surface area contributed by atoms with Gasteiger partial charge in [-0.25, -0.2) is 0 Å². The third-order valence-electron chi connectivity index (χ3n) is 3.16. The maximum Gasteiger partial charge on any atom is 0.195 e. The topological polar surface area (TPSA) is 12.1 Å². The van der Waals surface area contributed by atoms with Crippen molar-refractivity contribution >= 4 is 17.8 Å². The molecule has 3 nitrogen and oxygen atoms in total. The van der Waals surface area contributed by atoms with Crippen molar-refractivity contribution in [3.63, 3.8) is 0 Å². The van der Waals surface area contributed by atoms with Gasteiger partial charge >= 0.3 is 0 Å². The van der Waals surface area contributed by atoms with Crippen LogP contribution in [0.25, 0.3) is 12.2 Å². The molecule has 1 heterocycles. The summed E-state index contributed by atoms with van der Waals surface area (Å²) in [6.07, 6.45) is 6.31. The summed E-state index contributed by atoms with van der Waals surface area (Å²) < 4.78 is 4.15. The van der Waals surface area contributed by atoms with Gasteiger partial charge < -0.3 is 4.90 Å². The molecule has 0 N–H and O–H groups in total. The van der Waals surface area contributed by atoms with Crippen LogP contribution in [0.5, 0.6) is 0 Å². The second-order valence-electron chi connectivity index (χ2n) is 4.66. The van der Waals surface area contributed by atoms with Gasteiger partial charge in [0.25, 0.3) is 0 Å². The van der Waals surface area contributed by atoms with Crippen LogP contribution in [0.1, 0.15) is 11.3 Å². The van der Waals surface area contributed by atoms with E-state index in [2.05, 4.69) is 84.1 Å². The minimum absolute atomic E-state index is 1.19. The molecule has 2 aromatic rings. The standard InChI is InChI=1S/C15H20N3/c1-16(2)14-8-5-13(6-9-14)7-10-15-11-12-17(3)18(15)4/h5-12H,1-4H3/q+1. The van der Waals surface area contributed by atoms with Gasteiger partial charge in [0, 0.05) is 25.8 Å². The number of hydrogen-bond donors (Lipinski definition) is 0. The van der Waals surface area contributed by atoms with Crippen molar-refractivity contribution in [2.24, 2.45) is 14.1 Å². The highest BCUT2D eigenvalue weighted by atomic mass is 15.4. The van der Waals surface area contributed by atoms with E-state index >= 15 is 0 Å². The summed E-state index contributed by atoms with van der Waals surface area (Å²) in [5.74, 6) is 0. The normalized spacial score (nSPS) is 11.1. The lowest BCUT2D eigenvalue weighted by atomic mass is 10.2. The summed E-state index contributed by atoms with van der Waals surface area (Å²) in [4.78, 5) is 2.10. The van der Waals surface area contributed by atoms with Crippen LogP contribution < -0.4 is 9.58 Å². The second kappa shape index (κ2) is 5.08. The van der Waals surface area contributed by atoms with Crippen LogP contribution in [-0.2, 0) is 14.1 Å². The molecule has 0 saturated heterocycles. The first-order valence-electron chi connectivity index (χ1n) is 6.05. The first-order chi connectivity index (χ1) is 8.58. The zero-order valence-corrected chi connectivity index (χ0v) is 11.5. The van der Waals surface area contributed by atoms with Crippen LogP contribution in [0.3, 0.4) is 0 Å². The van der Waals surface area contributed by atoms with E-state index in [9.17, 15) is 0 Å². The number of aryl methyl sites for hydroxylation is 1. The van der Waals surface area contributed by atoms with Gasteiger partial charge in [-0.1, -0.05) is 18.2 Å². The summed E-state index contributed by atoms with van der Waals surface area (Å²) in [5.41, 5.74) is 3.62. The van der Waals surface area contributed by atoms with Crippen LogP contribution in [-0.4, -0.2) is 18.8 Å². The third kappa shape index (κ3) is 2.62. The highest BCUT2D eigenvalue weighted by molar-refractivity contribution is 5.68. The number of nitrogens with zero attached hydrogens (tertiary/aromatic N) is 3. The molecule has 0 fully saturated rings. The molecule has 18 heavy (non-hydrogen) atoms. The third-order valence-corrected chi connectivity index (χ3v) is 3.16. The van der Waals surface area contributed by atoms with E-state index in [0.29, 0.717) is 0 Å². The Morgan fingerprint density at radius 1 is 1.06 bits per heavy atom. The summed E-state index contributed by atoms with van der Waals surface area (Å²) >= 11 is 0. The predicted octanol–water partition coefficient (Wildman–Crippen LogP) is 2.09. The van der Waals surface area contributed by atoms with E-state index in [1.807, 2.05) is 7.05 Å². The largest absolute Gasteiger partial charge is 0.378 e. The molecule has 0 amide bonds. The van der Waals surface area contributed by atoms with Crippen LogP contribution in [0.4, 0.5) is 5.69 Å². The number of anilines is 1. The molecule has 0 atom stereocenters. The van der Waals surface area contributed by atoms with Crippen LogP contribution in [0.15, 0.2) is 36.5 Å². The monoisotopic (exact) mass is 242 g/mol. The Labute approximate surface area is 109 Å². The Morgan fingerprint density at radius 2 is 1.72 bits per heavy atom. The van der Waals surface area contributed by atoms with E-state index in [1.54, 1.807) is 0 Å². The maximum absolute atomic E-state index is 2.13. The van der Waals surface area contributed by atoms with Gasteiger partial charge in [0.05, 0.1) is 7.05 Å². The van der Waals surface area contributed by atoms with Crippen molar-refractivity contribution < 1.29 is 4.68 Å². The van der Waals surface area contributed by atoms with Crippen molar-refractivity contribution in [3.05, 3.63) is 47.8 Å². The molecule has 0 spiro atoms. The maximum atomic E-state index is 2.13. The Balaban J connectivity index is 2.16. The van der Waals surface area contributed by atoms with Crippen LogP contribution in [0.2, 0.25) is 0 Å². The van der Waals surface area contributed by atoms with E-state index < -0.39 is 0 Å². The minimum atomic E-state index is 1.19. The molecule has 0 unspecified atom stereocenters. The number of benzene rings is 1. The smallest absolute Gasteiger partial charge is 0.195 e. The molecule has 0 bridgehead atoms. The highest BCUT2D eigenvalue weighted by Crippen LogP contribution is 2.14. The van der Waals surface area contributed by atoms with Gasteiger partial charge in [0.1, 0.15) is 5.69 Å². The zero-order valence-electron chi connectivity index (χ0n) is 11.5. The molecule has 0 aliphatic carbocycles. The van der Waals surface area contributed by atoms with Gasteiger partial charge in [0.2, 0.25) is 0 Å². The Kier molecular flexibility index (Phi) is 3.51. The van der Waals surface area contributed by atoms with Crippen molar-refractivity contribution in [1.82, 2.24) is 4.68 Å². The number of rotatable bonds is 3. The average Bonchev–Trinajstić information content (AvgIpc) is 2.68. The SMILES string of the molecule is CN(C)c1ccc(C=Cc2cc[n+](C)n2C)cc1. The molecule has 0 aliphatic heterocycles. The number of hydrogen-bond acceptors (Lipinski definition) is 1. The van der Waals surface area contributed by atoms with Crippen LogP contribution in [0, 0.1) is 0 Å². The minimum Gasteiger partial charge on any atom is -0.378 e. The van der Waals surface area contributed by atoms with Gasteiger partial charge in [-0.2, -0.15) is 4.68 Å². The number of aromatic nitrogens is 2. The Hall–Kier alpha value is -2.03. The van der Waals surface area contributed by atoms with Crippen molar-refractivity contribution in [3.8, 4) is 0 Å².